The second-order valence-corrected chi connectivity index (χ2v) is 6.56. The number of ether oxygens (including phenoxy) is 2. The first-order chi connectivity index (χ1) is 12.6. The lowest BCUT2D eigenvalue weighted by Gasteiger charge is -2.19. The van der Waals surface area contributed by atoms with Gasteiger partial charge in [-0.1, -0.05) is 0 Å². The molecular formula is C19H20F2N2O4. The molecule has 2 aromatic rings. The van der Waals surface area contributed by atoms with Gasteiger partial charge in [-0.25, -0.2) is 4.79 Å². The van der Waals surface area contributed by atoms with Crippen LogP contribution in [0.1, 0.15) is 31.1 Å². The zero-order valence-electron chi connectivity index (χ0n) is 15.1. The number of hydrogen-bond donors (Lipinski definition) is 2. The quantitative estimate of drug-likeness (QED) is 0.777. The normalized spacial score (nSPS) is 11.0. The molecule has 0 fully saturated rings. The van der Waals surface area contributed by atoms with Crippen molar-refractivity contribution in [2.24, 2.45) is 0 Å². The van der Waals surface area contributed by atoms with E-state index in [1.54, 1.807) is 32.9 Å². The molecule has 0 atom stereocenters. The summed E-state index contributed by atoms with van der Waals surface area (Å²) in [5.41, 5.74) is 0.657. The maximum Gasteiger partial charge on any atom is 0.412 e. The molecule has 0 aromatic heterocycles. The van der Waals surface area contributed by atoms with E-state index in [9.17, 15) is 18.4 Å². The van der Waals surface area contributed by atoms with Crippen LogP contribution in [0.3, 0.4) is 0 Å². The number of nitrogens with one attached hydrogen (secondary N) is 2. The van der Waals surface area contributed by atoms with Crippen LogP contribution in [0.25, 0.3) is 0 Å². The Morgan fingerprint density at radius 1 is 0.889 bits per heavy atom. The van der Waals surface area contributed by atoms with Crippen molar-refractivity contribution < 1.29 is 27.8 Å². The zero-order valence-corrected chi connectivity index (χ0v) is 15.1. The van der Waals surface area contributed by atoms with Crippen molar-refractivity contribution in [2.75, 3.05) is 10.6 Å². The van der Waals surface area contributed by atoms with Gasteiger partial charge in [0.25, 0.3) is 5.91 Å². The van der Waals surface area contributed by atoms with Gasteiger partial charge in [-0.2, -0.15) is 8.78 Å². The predicted molar refractivity (Wildman–Crippen MR) is 97.3 cm³/mol. The highest BCUT2D eigenvalue weighted by molar-refractivity contribution is 6.04. The van der Waals surface area contributed by atoms with Gasteiger partial charge in [0, 0.05) is 16.9 Å². The van der Waals surface area contributed by atoms with Crippen LogP contribution in [0.2, 0.25) is 0 Å². The topological polar surface area (TPSA) is 76.7 Å². The highest BCUT2D eigenvalue weighted by atomic mass is 19.3. The zero-order chi connectivity index (χ0) is 20.0. The molecule has 0 saturated heterocycles. The minimum Gasteiger partial charge on any atom is -0.444 e. The van der Waals surface area contributed by atoms with Gasteiger partial charge in [0.15, 0.2) is 0 Å². The van der Waals surface area contributed by atoms with E-state index >= 15 is 0 Å². The lowest BCUT2D eigenvalue weighted by molar-refractivity contribution is -0.0498. The fourth-order valence-electron chi connectivity index (χ4n) is 2.05. The number of anilines is 2. The predicted octanol–water partition coefficient (Wildman–Crippen LogP) is 4.89. The summed E-state index contributed by atoms with van der Waals surface area (Å²) in [4.78, 5) is 23.9. The lowest BCUT2D eigenvalue weighted by atomic mass is 10.2. The molecule has 0 radical (unpaired) electrons. The summed E-state index contributed by atoms with van der Waals surface area (Å²) in [5, 5.41) is 5.20. The average Bonchev–Trinajstić information content (AvgIpc) is 2.55. The Balaban J connectivity index is 1.94. The third-order valence-corrected chi connectivity index (χ3v) is 3.13. The lowest BCUT2D eigenvalue weighted by Crippen LogP contribution is -2.27. The number of benzene rings is 2. The Kier molecular flexibility index (Phi) is 6.33. The minimum atomic E-state index is -2.90. The number of amides is 2. The van der Waals surface area contributed by atoms with Crippen molar-refractivity contribution in [1.82, 2.24) is 0 Å². The minimum absolute atomic E-state index is 0.000527. The molecule has 144 valence electrons. The van der Waals surface area contributed by atoms with E-state index in [0.717, 1.165) is 0 Å². The average molecular weight is 378 g/mol. The molecule has 0 saturated carbocycles. The van der Waals surface area contributed by atoms with Gasteiger partial charge in [-0.15, -0.1) is 0 Å². The molecule has 2 N–H and O–H groups in total. The maximum atomic E-state index is 12.2. The highest BCUT2D eigenvalue weighted by Crippen LogP contribution is 2.19. The van der Waals surface area contributed by atoms with Crippen LogP contribution >= 0.6 is 0 Å². The molecule has 0 heterocycles. The standard InChI is InChI=1S/C19H20F2N2O4/c1-19(2,3)27-18(25)23-14-6-4-12(5-7-14)16(24)22-13-8-10-15(11-9-13)26-17(20)21/h4-11,17H,1-3H3,(H,22,24)(H,23,25). The van der Waals surface area contributed by atoms with E-state index in [0.29, 0.717) is 16.9 Å². The molecule has 27 heavy (non-hydrogen) atoms. The van der Waals surface area contributed by atoms with Crippen molar-refractivity contribution in [3.63, 3.8) is 0 Å². The number of halogens is 2. The van der Waals surface area contributed by atoms with Crippen LogP contribution in [0, 0.1) is 0 Å². The van der Waals surface area contributed by atoms with Crippen LogP contribution in [-0.2, 0) is 4.74 Å². The van der Waals surface area contributed by atoms with E-state index in [4.69, 9.17) is 4.74 Å². The largest absolute Gasteiger partial charge is 0.444 e. The van der Waals surface area contributed by atoms with E-state index in [1.807, 2.05) is 0 Å². The second-order valence-electron chi connectivity index (χ2n) is 6.56. The summed E-state index contributed by atoms with van der Waals surface area (Å²) in [6.45, 7) is 2.36. The highest BCUT2D eigenvalue weighted by Gasteiger charge is 2.16. The second kappa shape index (κ2) is 8.48. The molecule has 2 aromatic carbocycles. The van der Waals surface area contributed by atoms with Crippen LogP contribution in [0.4, 0.5) is 25.0 Å². The molecule has 0 aliphatic rings. The molecule has 6 nitrogen and oxygen atoms in total. The first kappa shape index (κ1) is 20.2. The molecule has 0 spiro atoms. The molecule has 0 aliphatic carbocycles. The van der Waals surface area contributed by atoms with E-state index in [1.165, 1.54) is 36.4 Å². The molecule has 0 bridgehead atoms. The van der Waals surface area contributed by atoms with Gasteiger partial charge < -0.3 is 14.8 Å². The number of hydrogen-bond acceptors (Lipinski definition) is 4. The molecule has 8 heteroatoms. The molecule has 0 unspecified atom stereocenters. The molecular weight excluding hydrogens is 358 g/mol. The van der Waals surface area contributed by atoms with Crippen molar-refractivity contribution >= 4 is 23.4 Å². The van der Waals surface area contributed by atoms with E-state index in [2.05, 4.69) is 15.4 Å². The van der Waals surface area contributed by atoms with Crippen LogP contribution in [-0.4, -0.2) is 24.2 Å². The molecule has 0 aliphatic heterocycles. The van der Waals surface area contributed by atoms with Gasteiger partial charge in [0.05, 0.1) is 0 Å². The Hall–Kier alpha value is -3.16. The summed E-state index contributed by atoms with van der Waals surface area (Å²) in [5.74, 6) is -0.387. The SMILES string of the molecule is CC(C)(C)OC(=O)Nc1ccc(C(=O)Nc2ccc(OC(F)F)cc2)cc1. The Morgan fingerprint density at radius 3 is 1.93 bits per heavy atom. The Labute approximate surface area is 155 Å². The van der Waals surface area contributed by atoms with Gasteiger partial charge in [-0.3, -0.25) is 10.1 Å². The molecule has 2 amide bonds. The van der Waals surface area contributed by atoms with Crippen molar-refractivity contribution in [2.45, 2.75) is 33.0 Å². The summed E-state index contributed by atoms with van der Waals surface area (Å²) in [6, 6.07) is 11.8. The third-order valence-electron chi connectivity index (χ3n) is 3.13. The smallest absolute Gasteiger partial charge is 0.412 e. The Bertz CT molecular complexity index is 785. The number of alkyl halides is 2. The summed E-state index contributed by atoms with van der Waals surface area (Å²) in [6.07, 6.45) is -0.592. The van der Waals surface area contributed by atoms with E-state index in [-0.39, 0.29) is 11.7 Å². The van der Waals surface area contributed by atoms with E-state index < -0.39 is 18.3 Å². The Morgan fingerprint density at radius 2 is 1.41 bits per heavy atom. The van der Waals surface area contributed by atoms with Gasteiger partial charge in [0.1, 0.15) is 11.4 Å². The maximum absolute atomic E-state index is 12.2. The molecule has 2 rings (SSSR count). The fraction of sp³-hybridized carbons (Fsp3) is 0.263. The van der Waals surface area contributed by atoms with Gasteiger partial charge in [0.2, 0.25) is 0 Å². The summed E-state index contributed by atoms with van der Waals surface area (Å²) in [7, 11) is 0. The number of rotatable bonds is 5. The van der Waals surface area contributed by atoms with Gasteiger partial charge >= 0.3 is 12.7 Å². The van der Waals surface area contributed by atoms with Crippen molar-refractivity contribution in [3.8, 4) is 5.75 Å². The summed E-state index contributed by atoms with van der Waals surface area (Å²) >= 11 is 0. The fourth-order valence-corrected chi connectivity index (χ4v) is 2.05. The van der Waals surface area contributed by atoms with Crippen LogP contribution in [0.5, 0.6) is 5.75 Å². The van der Waals surface area contributed by atoms with Crippen LogP contribution in [0.15, 0.2) is 48.5 Å². The summed E-state index contributed by atoms with van der Waals surface area (Å²) < 4.78 is 33.6. The first-order valence-corrected chi connectivity index (χ1v) is 8.09. The first-order valence-electron chi connectivity index (χ1n) is 8.09. The number of carbonyl (C=O) groups excluding carboxylic acids is 2. The van der Waals surface area contributed by atoms with Crippen molar-refractivity contribution in [1.29, 1.82) is 0 Å². The van der Waals surface area contributed by atoms with Crippen molar-refractivity contribution in [3.05, 3.63) is 54.1 Å². The van der Waals surface area contributed by atoms with Gasteiger partial charge in [-0.05, 0) is 69.3 Å². The number of carbonyl (C=O) groups is 2. The van der Waals surface area contributed by atoms with Crippen LogP contribution < -0.4 is 15.4 Å². The monoisotopic (exact) mass is 378 g/mol. The third kappa shape index (κ3) is 6.93.